The minimum atomic E-state index is -0.478. The van der Waals surface area contributed by atoms with Crippen molar-refractivity contribution >= 4 is 17.0 Å². The third-order valence-corrected chi connectivity index (χ3v) is 2.81. The van der Waals surface area contributed by atoms with E-state index in [0.717, 1.165) is 16.5 Å². The van der Waals surface area contributed by atoms with Crippen LogP contribution in [-0.2, 0) is 4.74 Å². The molecule has 2 aromatic rings. The first kappa shape index (κ1) is 13.5. The lowest BCUT2D eigenvalue weighted by molar-refractivity contribution is 0.0508. The summed E-state index contributed by atoms with van der Waals surface area (Å²) in [5.74, 6) is 0. The summed E-state index contributed by atoms with van der Waals surface area (Å²) < 4.78 is 5.25. The molecule has 2 rings (SSSR count). The molecule has 0 saturated heterocycles. The van der Waals surface area contributed by atoms with Gasteiger partial charge in [-0.2, -0.15) is 0 Å². The van der Waals surface area contributed by atoms with E-state index in [4.69, 9.17) is 4.74 Å². The van der Waals surface area contributed by atoms with Crippen molar-refractivity contribution in [3.63, 3.8) is 0 Å². The number of rotatable bonds is 2. The summed E-state index contributed by atoms with van der Waals surface area (Å²) in [6.07, 6.45) is 1.51. The smallest absolute Gasteiger partial charge is 0.408 e. The van der Waals surface area contributed by atoms with Crippen LogP contribution in [0.2, 0.25) is 0 Å². The van der Waals surface area contributed by atoms with Crippen molar-refractivity contribution in [3.8, 4) is 0 Å². The number of carbonyl (C=O) groups is 1. The number of nitrogens with one attached hydrogen (secondary N) is 2. The summed E-state index contributed by atoms with van der Waals surface area (Å²) in [5, 5.41) is 3.97. The first-order valence-electron chi connectivity index (χ1n) is 6.42. The average molecular weight is 260 g/mol. The maximum absolute atomic E-state index is 11.7. The molecule has 1 heterocycles. The van der Waals surface area contributed by atoms with E-state index in [2.05, 4.69) is 16.4 Å². The van der Waals surface area contributed by atoms with Crippen molar-refractivity contribution in [1.29, 1.82) is 0 Å². The Morgan fingerprint density at radius 2 is 2.05 bits per heavy atom. The van der Waals surface area contributed by atoms with Crippen LogP contribution in [0.1, 0.15) is 39.3 Å². The van der Waals surface area contributed by atoms with Crippen molar-refractivity contribution in [2.75, 3.05) is 0 Å². The van der Waals surface area contributed by atoms with Gasteiger partial charge in [-0.15, -0.1) is 0 Å². The normalized spacial score (nSPS) is 13.3. The van der Waals surface area contributed by atoms with Crippen molar-refractivity contribution in [1.82, 2.24) is 10.3 Å². The van der Waals surface area contributed by atoms with Crippen molar-refractivity contribution in [2.45, 2.75) is 39.3 Å². The molecule has 1 unspecified atom stereocenters. The van der Waals surface area contributed by atoms with Crippen LogP contribution in [0.5, 0.6) is 0 Å². The first-order chi connectivity index (χ1) is 8.85. The summed E-state index contributed by atoms with van der Waals surface area (Å²) in [6, 6.07) is 8.00. The number of aromatic amines is 1. The number of fused-ring (bicyclic) bond motifs is 1. The molecule has 0 spiro atoms. The van der Waals surface area contributed by atoms with Crippen LogP contribution in [-0.4, -0.2) is 16.7 Å². The minimum absolute atomic E-state index is 0.0888. The highest BCUT2D eigenvalue weighted by Crippen LogP contribution is 2.19. The van der Waals surface area contributed by atoms with E-state index in [-0.39, 0.29) is 6.04 Å². The predicted molar refractivity (Wildman–Crippen MR) is 76.1 cm³/mol. The molecule has 1 amide bonds. The molecule has 102 valence electrons. The molecule has 0 aliphatic heterocycles. The van der Waals surface area contributed by atoms with E-state index in [0.29, 0.717) is 0 Å². The molecule has 2 N–H and O–H groups in total. The number of carbonyl (C=O) groups excluding carboxylic acids is 1. The molecule has 1 aromatic heterocycles. The predicted octanol–water partition coefficient (Wildman–Crippen LogP) is 3.75. The number of hydrogen-bond donors (Lipinski definition) is 2. The largest absolute Gasteiger partial charge is 0.444 e. The van der Waals surface area contributed by atoms with Crippen LogP contribution in [0.15, 0.2) is 30.5 Å². The van der Waals surface area contributed by atoms with Crippen LogP contribution >= 0.6 is 0 Å². The van der Waals surface area contributed by atoms with E-state index < -0.39 is 11.7 Å². The summed E-state index contributed by atoms with van der Waals surface area (Å²) in [6.45, 7) is 7.49. The lowest BCUT2D eigenvalue weighted by atomic mass is 10.1. The fourth-order valence-electron chi connectivity index (χ4n) is 1.91. The number of benzene rings is 1. The summed E-state index contributed by atoms with van der Waals surface area (Å²) in [7, 11) is 0. The molecule has 4 nitrogen and oxygen atoms in total. The zero-order valence-corrected chi connectivity index (χ0v) is 11.8. The average Bonchev–Trinajstić information content (AvgIpc) is 2.72. The maximum Gasteiger partial charge on any atom is 0.408 e. The number of aromatic nitrogens is 1. The fourth-order valence-corrected chi connectivity index (χ4v) is 1.91. The second kappa shape index (κ2) is 4.96. The third-order valence-electron chi connectivity index (χ3n) is 2.81. The molecule has 0 aliphatic carbocycles. The van der Waals surface area contributed by atoms with Gasteiger partial charge in [0, 0.05) is 11.7 Å². The molecule has 0 bridgehead atoms. The molecule has 0 radical (unpaired) electrons. The minimum Gasteiger partial charge on any atom is -0.444 e. The zero-order valence-electron chi connectivity index (χ0n) is 11.8. The highest BCUT2D eigenvalue weighted by Gasteiger charge is 2.18. The van der Waals surface area contributed by atoms with Crippen LogP contribution in [0, 0.1) is 0 Å². The SMILES string of the molecule is CC(NC(=O)OC(C)(C)C)c1ccc2[nH]ccc2c1. The van der Waals surface area contributed by atoms with Crippen LogP contribution in [0.4, 0.5) is 4.79 Å². The monoisotopic (exact) mass is 260 g/mol. The van der Waals surface area contributed by atoms with Gasteiger partial charge in [-0.1, -0.05) is 6.07 Å². The Morgan fingerprint density at radius 3 is 2.74 bits per heavy atom. The number of ether oxygens (including phenoxy) is 1. The Kier molecular flexibility index (Phi) is 3.51. The van der Waals surface area contributed by atoms with E-state index in [1.165, 1.54) is 0 Å². The number of alkyl carbamates (subject to hydrolysis) is 1. The Hall–Kier alpha value is -1.97. The van der Waals surface area contributed by atoms with E-state index >= 15 is 0 Å². The standard InChI is InChI=1S/C15H20N2O2/c1-10(17-14(18)19-15(2,3)4)11-5-6-13-12(9-11)7-8-16-13/h5-10,16H,1-4H3,(H,17,18). The van der Waals surface area contributed by atoms with Gasteiger partial charge in [0.25, 0.3) is 0 Å². The Bertz CT molecular complexity index is 581. The van der Waals surface area contributed by atoms with E-state index in [9.17, 15) is 4.79 Å². The highest BCUT2D eigenvalue weighted by atomic mass is 16.6. The second-order valence-corrected chi connectivity index (χ2v) is 5.69. The molecule has 4 heteroatoms. The van der Waals surface area contributed by atoms with E-state index in [1.807, 2.05) is 52.1 Å². The van der Waals surface area contributed by atoms with Gasteiger partial charge >= 0.3 is 6.09 Å². The first-order valence-corrected chi connectivity index (χ1v) is 6.42. The maximum atomic E-state index is 11.7. The van der Waals surface area contributed by atoms with Crippen LogP contribution in [0.25, 0.3) is 10.9 Å². The van der Waals surface area contributed by atoms with Crippen molar-refractivity contribution in [2.24, 2.45) is 0 Å². The summed E-state index contributed by atoms with van der Waals surface area (Å²) >= 11 is 0. The topological polar surface area (TPSA) is 54.1 Å². The lowest BCUT2D eigenvalue weighted by Gasteiger charge is -2.22. The van der Waals surface area contributed by atoms with Crippen LogP contribution < -0.4 is 5.32 Å². The summed E-state index contributed by atoms with van der Waals surface area (Å²) in [5.41, 5.74) is 1.67. The van der Waals surface area contributed by atoms with Gasteiger partial charge < -0.3 is 15.0 Å². The molecule has 0 saturated carbocycles. The number of hydrogen-bond acceptors (Lipinski definition) is 2. The molecule has 1 aromatic carbocycles. The highest BCUT2D eigenvalue weighted by molar-refractivity contribution is 5.80. The van der Waals surface area contributed by atoms with Gasteiger partial charge in [-0.3, -0.25) is 0 Å². The van der Waals surface area contributed by atoms with E-state index in [1.54, 1.807) is 0 Å². The molecule has 0 fully saturated rings. The fraction of sp³-hybridized carbons (Fsp3) is 0.400. The molecular weight excluding hydrogens is 240 g/mol. The van der Waals surface area contributed by atoms with Crippen molar-refractivity contribution < 1.29 is 9.53 Å². The number of H-pyrrole nitrogens is 1. The van der Waals surface area contributed by atoms with Crippen molar-refractivity contribution in [3.05, 3.63) is 36.0 Å². The quantitative estimate of drug-likeness (QED) is 0.864. The summed E-state index contributed by atoms with van der Waals surface area (Å²) in [4.78, 5) is 14.9. The molecule has 0 aliphatic rings. The second-order valence-electron chi connectivity index (χ2n) is 5.69. The van der Waals surface area contributed by atoms with Gasteiger partial charge in [0.05, 0.1) is 6.04 Å². The Balaban J connectivity index is 2.06. The molecule has 1 atom stereocenters. The van der Waals surface area contributed by atoms with Crippen LogP contribution in [0.3, 0.4) is 0 Å². The van der Waals surface area contributed by atoms with Gasteiger partial charge in [0.15, 0.2) is 0 Å². The third kappa shape index (κ3) is 3.50. The molecule has 19 heavy (non-hydrogen) atoms. The van der Waals surface area contributed by atoms with Gasteiger partial charge in [0.1, 0.15) is 5.60 Å². The number of amides is 1. The zero-order chi connectivity index (χ0) is 14.0. The lowest BCUT2D eigenvalue weighted by Crippen LogP contribution is -2.34. The van der Waals surface area contributed by atoms with Gasteiger partial charge in [0.2, 0.25) is 0 Å². The molecular formula is C15H20N2O2. The Labute approximate surface area is 113 Å². The van der Waals surface area contributed by atoms with Gasteiger partial charge in [-0.05, 0) is 56.8 Å². The van der Waals surface area contributed by atoms with Gasteiger partial charge in [-0.25, -0.2) is 4.79 Å². The Morgan fingerprint density at radius 1 is 1.32 bits per heavy atom.